The summed E-state index contributed by atoms with van der Waals surface area (Å²) in [4.78, 5) is 22.5. The average molecular weight is 230 g/mol. The second-order valence-electron chi connectivity index (χ2n) is 3.96. The van der Waals surface area contributed by atoms with Crippen LogP contribution < -0.4 is 10.6 Å². The van der Waals surface area contributed by atoms with Crippen molar-refractivity contribution in [1.29, 1.82) is 0 Å². The first kappa shape index (κ1) is 11.4. The van der Waals surface area contributed by atoms with Crippen LogP contribution >= 0.6 is 0 Å². The summed E-state index contributed by atoms with van der Waals surface area (Å²) in [5, 5.41) is 5.44. The van der Waals surface area contributed by atoms with Crippen LogP contribution in [0.2, 0.25) is 0 Å². The number of hydrogen-bond acceptors (Lipinski definition) is 2. The monoisotopic (exact) mass is 230 g/mol. The van der Waals surface area contributed by atoms with Crippen molar-refractivity contribution in [3.8, 4) is 0 Å². The summed E-state index contributed by atoms with van der Waals surface area (Å²) in [6, 6.07) is 9.51. The Hall–Kier alpha value is -2.10. The van der Waals surface area contributed by atoms with Gasteiger partial charge in [-0.1, -0.05) is 30.3 Å². The predicted molar refractivity (Wildman–Crippen MR) is 65.0 cm³/mol. The van der Waals surface area contributed by atoms with Crippen molar-refractivity contribution in [3.05, 3.63) is 42.0 Å². The van der Waals surface area contributed by atoms with Gasteiger partial charge in [-0.2, -0.15) is 0 Å². The van der Waals surface area contributed by atoms with Gasteiger partial charge in [0.15, 0.2) is 0 Å². The molecule has 1 fully saturated rings. The van der Waals surface area contributed by atoms with E-state index in [0.29, 0.717) is 13.0 Å². The molecule has 0 saturated carbocycles. The van der Waals surface area contributed by atoms with Crippen molar-refractivity contribution in [2.45, 2.75) is 12.5 Å². The highest BCUT2D eigenvalue weighted by Gasteiger charge is 2.21. The molecule has 4 heteroatoms. The maximum Gasteiger partial charge on any atom is 0.244 e. The van der Waals surface area contributed by atoms with E-state index in [2.05, 4.69) is 10.6 Å². The third-order valence-electron chi connectivity index (χ3n) is 2.55. The maximum absolute atomic E-state index is 11.5. The van der Waals surface area contributed by atoms with E-state index < -0.39 is 0 Å². The number of hydrogen-bond donors (Lipinski definition) is 2. The molecule has 1 aromatic carbocycles. The third kappa shape index (κ3) is 3.45. The van der Waals surface area contributed by atoms with Gasteiger partial charge in [0.25, 0.3) is 0 Å². The normalized spacial score (nSPS) is 19.3. The zero-order valence-corrected chi connectivity index (χ0v) is 9.35. The van der Waals surface area contributed by atoms with Crippen molar-refractivity contribution < 1.29 is 9.59 Å². The highest BCUT2D eigenvalue weighted by molar-refractivity contribution is 5.92. The summed E-state index contributed by atoms with van der Waals surface area (Å²) >= 11 is 0. The topological polar surface area (TPSA) is 58.2 Å². The van der Waals surface area contributed by atoms with Gasteiger partial charge in [-0.25, -0.2) is 0 Å². The smallest absolute Gasteiger partial charge is 0.244 e. The lowest BCUT2D eigenvalue weighted by molar-refractivity contribution is -0.119. The first-order valence-corrected chi connectivity index (χ1v) is 5.54. The van der Waals surface area contributed by atoms with Crippen molar-refractivity contribution in [2.75, 3.05) is 6.54 Å². The molecule has 2 N–H and O–H groups in total. The van der Waals surface area contributed by atoms with E-state index in [9.17, 15) is 9.59 Å². The summed E-state index contributed by atoms with van der Waals surface area (Å²) in [5.74, 6) is -0.183. The summed E-state index contributed by atoms with van der Waals surface area (Å²) in [6.45, 7) is 0.518. The molecule has 1 aliphatic heterocycles. The molecule has 1 heterocycles. The zero-order chi connectivity index (χ0) is 12.1. The molecule has 0 spiro atoms. The van der Waals surface area contributed by atoms with Gasteiger partial charge in [0.05, 0.1) is 6.04 Å². The molecule has 2 rings (SSSR count). The molecule has 0 aliphatic carbocycles. The Morgan fingerprint density at radius 1 is 1.35 bits per heavy atom. The fraction of sp³-hybridized carbons (Fsp3) is 0.231. The third-order valence-corrected chi connectivity index (χ3v) is 2.55. The molecular weight excluding hydrogens is 216 g/mol. The molecule has 1 atom stereocenters. The number of amides is 2. The molecule has 1 aromatic rings. The Labute approximate surface area is 99.7 Å². The van der Waals surface area contributed by atoms with E-state index in [0.717, 1.165) is 5.56 Å². The van der Waals surface area contributed by atoms with Gasteiger partial charge in [-0.05, 0) is 11.6 Å². The molecule has 88 valence electrons. The average Bonchev–Trinajstić information content (AvgIpc) is 2.73. The van der Waals surface area contributed by atoms with Crippen LogP contribution in [0, 0.1) is 0 Å². The molecule has 0 unspecified atom stereocenters. The number of carbonyl (C=O) groups excluding carboxylic acids is 2. The molecule has 0 bridgehead atoms. The van der Waals surface area contributed by atoms with E-state index in [1.807, 2.05) is 30.3 Å². The molecule has 1 saturated heterocycles. The van der Waals surface area contributed by atoms with Gasteiger partial charge in [-0.3, -0.25) is 9.59 Å². The van der Waals surface area contributed by atoms with Crippen LogP contribution in [-0.4, -0.2) is 24.4 Å². The fourth-order valence-electron chi connectivity index (χ4n) is 1.69. The minimum absolute atomic E-state index is 0.0117. The number of rotatable bonds is 3. The van der Waals surface area contributed by atoms with Crippen LogP contribution in [0.25, 0.3) is 6.08 Å². The Morgan fingerprint density at radius 3 is 2.76 bits per heavy atom. The maximum atomic E-state index is 11.5. The van der Waals surface area contributed by atoms with Crippen molar-refractivity contribution in [3.63, 3.8) is 0 Å². The van der Waals surface area contributed by atoms with Gasteiger partial charge in [0.2, 0.25) is 11.8 Å². The number of benzene rings is 1. The number of nitrogens with one attached hydrogen (secondary N) is 2. The van der Waals surface area contributed by atoms with Crippen LogP contribution in [-0.2, 0) is 9.59 Å². The molecule has 4 nitrogen and oxygen atoms in total. The van der Waals surface area contributed by atoms with Gasteiger partial charge in [0.1, 0.15) is 0 Å². The van der Waals surface area contributed by atoms with E-state index >= 15 is 0 Å². The molecule has 0 radical (unpaired) electrons. The van der Waals surface area contributed by atoms with Crippen LogP contribution in [0.4, 0.5) is 0 Å². The van der Waals surface area contributed by atoms with Crippen LogP contribution in [0.15, 0.2) is 36.4 Å². The summed E-state index contributed by atoms with van der Waals surface area (Å²) in [6.07, 6.45) is 3.60. The second kappa shape index (κ2) is 5.30. The highest BCUT2D eigenvalue weighted by atomic mass is 16.2. The quantitative estimate of drug-likeness (QED) is 0.751. The SMILES string of the molecule is O=C(/C=C/c1ccccc1)N[C@@H]1CNC(=O)C1. The molecule has 1 aliphatic rings. The minimum atomic E-state index is -0.171. The van der Waals surface area contributed by atoms with Crippen LogP contribution in [0.1, 0.15) is 12.0 Å². The first-order chi connectivity index (χ1) is 8.24. The standard InChI is InChI=1S/C13H14N2O2/c16-12(15-11-8-13(17)14-9-11)7-6-10-4-2-1-3-5-10/h1-7,11H,8-9H2,(H,14,17)(H,15,16)/b7-6+/t11-/m0/s1. The van der Waals surface area contributed by atoms with Gasteiger partial charge in [0, 0.05) is 19.0 Å². The highest BCUT2D eigenvalue weighted by Crippen LogP contribution is 2.02. The Kier molecular flexibility index (Phi) is 3.55. The second-order valence-corrected chi connectivity index (χ2v) is 3.96. The van der Waals surface area contributed by atoms with Crippen molar-refractivity contribution in [1.82, 2.24) is 10.6 Å². The summed E-state index contributed by atoms with van der Waals surface area (Å²) in [7, 11) is 0. The largest absolute Gasteiger partial charge is 0.354 e. The van der Waals surface area contributed by atoms with Crippen molar-refractivity contribution in [2.24, 2.45) is 0 Å². The van der Waals surface area contributed by atoms with E-state index in [-0.39, 0.29) is 17.9 Å². The lowest BCUT2D eigenvalue weighted by Gasteiger charge is -2.07. The zero-order valence-electron chi connectivity index (χ0n) is 9.35. The van der Waals surface area contributed by atoms with Crippen molar-refractivity contribution >= 4 is 17.9 Å². The van der Waals surface area contributed by atoms with E-state index in [1.54, 1.807) is 6.08 Å². The Balaban J connectivity index is 1.85. The Bertz CT molecular complexity index is 440. The van der Waals surface area contributed by atoms with Gasteiger partial charge in [-0.15, -0.1) is 0 Å². The van der Waals surface area contributed by atoms with E-state index in [4.69, 9.17) is 0 Å². The molecule has 0 aromatic heterocycles. The van der Waals surface area contributed by atoms with E-state index in [1.165, 1.54) is 6.08 Å². The first-order valence-electron chi connectivity index (χ1n) is 5.54. The molecular formula is C13H14N2O2. The van der Waals surface area contributed by atoms with Gasteiger partial charge < -0.3 is 10.6 Å². The van der Waals surface area contributed by atoms with Gasteiger partial charge >= 0.3 is 0 Å². The summed E-state index contributed by atoms with van der Waals surface area (Å²) < 4.78 is 0. The lowest BCUT2D eigenvalue weighted by Crippen LogP contribution is -2.34. The minimum Gasteiger partial charge on any atom is -0.354 e. The van der Waals surface area contributed by atoms with Crippen LogP contribution in [0.3, 0.4) is 0 Å². The molecule has 17 heavy (non-hydrogen) atoms. The Morgan fingerprint density at radius 2 is 2.12 bits per heavy atom. The number of carbonyl (C=O) groups is 2. The van der Waals surface area contributed by atoms with Crippen LogP contribution in [0.5, 0.6) is 0 Å². The summed E-state index contributed by atoms with van der Waals surface area (Å²) in [5.41, 5.74) is 0.975. The molecule has 2 amide bonds. The predicted octanol–water partition coefficient (Wildman–Crippen LogP) is 0.705. The lowest BCUT2D eigenvalue weighted by atomic mass is 10.2. The fourth-order valence-corrected chi connectivity index (χ4v) is 1.69.